The van der Waals surface area contributed by atoms with E-state index in [1.807, 2.05) is 0 Å². The number of aromatic nitrogens is 1. The molecule has 0 unspecified atom stereocenters. The molecule has 0 bridgehead atoms. The monoisotopic (exact) mass is 359 g/mol. The molecule has 1 aromatic heterocycles. The average molecular weight is 359 g/mol. The van der Waals surface area contributed by atoms with Gasteiger partial charge >= 0.3 is 0 Å². The molecule has 1 aliphatic rings. The van der Waals surface area contributed by atoms with Gasteiger partial charge in [-0.1, -0.05) is 18.9 Å². The first-order chi connectivity index (χ1) is 12.1. The van der Waals surface area contributed by atoms with Crippen LogP contribution < -0.4 is 5.32 Å². The van der Waals surface area contributed by atoms with Crippen molar-refractivity contribution in [2.75, 3.05) is 18.4 Å². The molecular formula is C18H21N3O3S. The van der Waals surface area contributed by atoms with E-state index in [4.69, 9.17) is 0 Å². The number of hydrogen-bond acceptors (Lipinski definition) is 4. The molecule has 132 valence electrons. The number of anilines is 1. The topological polar surface area (TPSA) is 79.4 Å². The van der Waals surface area contributed by atoms with E-state index in [0.29, 0.717) is 24.3 Å². The van der Waals surface area contributed by atoms with Crippen LogP contribution in [0.4, 0.5) is 5.69 Å². The number of benzene rings is 1. The number of pyridine rings is 1. The van der Waals surface area contributed by atoms with Crippen molar-refractivity contribution >= 4 is 21.6 Å². The molecule has 0 saturated carbocycles. The van der Waals surface area contributed by atoms with E-state index >= 15 is 0 Å². The van der Waals surface area contributed by atoms with Gasteiger partial charge in [-0.05, 0) is 43.2 Å². The molecule has 0 radical (unpaired) electrons. The van der Waals surface area contributed by atoms with Gasteiger partial charge in [0, 0.05) is 31.2 Å². The van der Waals surface area contributed by atoms with Crippen molar-refractivity contribution in [3.63, 3.8) is 0 Å². The van der Waals surface area contributed by atoms with Gasteiger partial charge in [-0.2, -0.15) is 4.31 Å². The Balaban J connectivity index is 1.80. The summed E-state index contributed by atoms with van der Waals surface area (Å²) in [6, 6.07) is 9.73. The molecule has 3 rings (SSSR count). The van der Waals surface area contributed by atoms with Gasteiger partial charge in [-0.3, -0.25) is 9.78 Å². The largest absolute Gasteiger partial charge is 0.322 e. The number of carbonyl (C=O) groups excluding carboxylic acids is 1. The summed E-state index contributed by atoms with van der Waals surface area (Å²) in [6.07, 6.45) is 6.95. The maximum atomic E-state index is 12.9. The number of nitrogens with zero attached hydrogens (tertiary/aromatic N) is 2. The SMILES string of the molecule is O=C(Nc1cccc(S(=O)(=O)N2CCCCCC2)c1)c1cccnc1. The summed E-state index contributed by atoms with van der Waals surface area (Å²) in [5, 5.41) is 2.72. The lowest BCUT2D eigenvalue weighted by Gasteiger charge is -2.20. The van der Waals surface area contributed by atoms with E-state index in [-0.39, 0.29) is 10.8 Å². The van der Waals surface area contributed by atoms with Gasteiger partial charge in [0.25, 0.3) is 5.91 Å². The lowest BCUT2D eigenvalue weighted by Crippen LogP contribution is -2.32. The van der Waals surface area contributed by atoms with Crippen LogP contribution in [0.1, 0.15) is 36.0 Å². The molecule has 1 N–H and O–H groups in total. The number of amides is 1. The third-order valence-electron chi connectivity index (χ3n) is 4.22. The van der Waals surface area contributed by atoms with Crippen molar-refractivity contribution in [3.8, 4) is 0 Å². The number of hydrogen-bond donors (Lipinski definition) is 1. The van der Waals surface area contributed by atoms with Crippen LogP contribution in [0.5, 0.6) is 0 Å². The standard InChI is InChI=1S/C18H21N3O3S/c22-18(15-7-6-10-19-14-15)20-16-8-5-9-17(13-16)25(23,24)21-11-3-1-2-4-12-21/h5-10,13-14H,1-4,11-12H2,(H,20,22). The highest BCUT2D eigenvalue weighted by molar-refractivity contribution is 7.89. The Morgan fingerprint density at radius 1 is 1.04 bits per heavy atom. The first-order valence-electron chi connectivity index (χ1n) is 8.39. The lowest BCUT2D eigenvalue weighted by molar-refractivity contribution is 0.102. The molecule has 2 heterocycles. The van der Waals surface area contributed by atoms with Crippen LogP contribution in [0.15, 0.2) is 53.7 Å². The van der Waals surface area contributed by atoms with Gasteiger partial charge in [0.15, 0.2) is 0 Å². The summed E-state index contributed by atoms with van der Waals surface area (Å²) in [5.41, 5.74) is 0.869. The molecule has 0 atom stereocenters. The van der Waals surface area contributed by atoms with Gasteiger partial charge in [-0.25, -0.2) is 8.42 Å². The molecule has 25 heavy (non-hydrogen) atoms. The molecule has 1 aromatic carbocycles. The third kappa shape index (κ3) is 4.24. The molecule has 0 spiro atoms. The van der Waals surface area contributed by atoms with Gasteiger partial charge in [0.05, 0.1) is 10.5 Å². The maximum absolute atomic E-state index is 12.9. The zero-order valence-corrected chi connectivity index (χ0v) is 14.7. The van der Waals surface area contributed by atoms with Crippen LogP contribution in [0.2, 0.25) is 0 Å². The Hall–Kier alpha value is -2.25. The predicted molar refractivity (Wildman–Crippen MR) is 95.9 cm³/mol. The Morgan fingerprint density at radius 3 is 2.48 bits per heavy atom. The number of carbonyl (C=O) groups is 1. The highest BCUT2D eigenvalue weighted by Crippen LogP contribution is 2.23. The van der Waals surface area contributed by atoms with Gasteiger partial charge in [-0.15, -0.1) is 0 Å². The fourth-order valence-electron chi connectivity index (χ4n) is 2.87. The molecule has 2 aromatic rings. The minimum atomic E-state index is -3.54. The molecule has 6 nitrogen and oxygen atoms in total. The quantitative estimate of drug-likeness (QED) is 0.910. The van der Waals surface area contributed by atoms with Gasteiger partial charge in [0.2, 0.25) is 10.0 Å². The second-order valence-corrected chi connectivity index (χ2v) is 7.98. The van der Waals surface area contributed by atoms with E-state index in [0.717, 1.165) is 25.7 Å². The van der Waals surface area contributed by atoms with Gasteiger partial charge in [0.1, 0.15) is 0 Å². The molecule has 1 aliphatic heterocycles. The fourth-order valence-corrected chi connectivity index (χ4v) is 4.43. The highest BCUT2D eigenvalue weighted by Gasteiger charge is 2.25. The summed E-state index contributed by atoms with van der Waals surface area (Å²) in [6.45, 7) is 1.10. The average Bonchev–Trinajstić information content (AvgIpc) is 2.93. The van der Waals surface area contributed by atoms with E-state index in [1.54, 1.807) is 40.8 Å². The summed E-state index contributed by atoms with van der Waals surface area (Å²) >= 11 is 0. The molecule has 1 saturated heterocycles. The molecule has 1 amide bonds. The van der Waals surface area contributed by atoms with E-state index in [9.17, 15) is 13.2 Å². The zero-order valence-electron chi connectivity index (χ0n) is 13.9. The minimum absolute atomic E-state index is 0.207. The minimum Gasteiger partial charge on any atom is -0.322 e. The fraction of sp³-hybridized carbons (Fsp3) is 0.333. The van der Waals surface area contributed by atoms with Crippen LogP contribution in [0.3, 0.4) is 0 Å². The van der Waals surface area contributed by atoms with Crippen LogP contribution in [-0.2, 0) is 10.0 Å². The van der Waals surface area contributed by atoms with Crippen molar-refractivity contribution in [3.05, 3.63) is 54.4 Å². The highest BCUT2D eigenvalue weighted by atomic mass is 32.2. The van der Waals surface area contributed by atoms with Crippen LogP contribution in [0, 0.1) is 0 Å². The van der Waals surface area contributed by atoms with Crippen molar-refractivity contribution in [1.29, 1.82) is 0 Å². The van der Waals surface area contributed by atoms with Gasteiger partial charge < -0.3 is 5.32 Å². The summed E-state index contributed by atoms with van der Waals surface area (Å²) in [4.78, 5) is 16.3. The Kier molecular flexibility index (Phi) is 5.45. The Morgan fingerprint density at radius 2 is 1.80 bits per heavy atom. The smallest absolute Gasteiger partial charge is 0.257 e. The van der Waals surface area contributed by atoms with E-state index < -0.39 is 10.0 Å². The normalized spacial score (nSPS) is 16.2. The van der Waals surface area contributed by atoms with Crippen molar-refractivity contribution in [2.24, 2.45) is 0 Å². The number of sulfonamides is 1. The molecule has 0 aliphatic carbocycles. The summed E-state index contributed by atoms with van der Waals surface area (Å²) in [7, 11) is -3.54. The van der Waals surface area contributed by atoms with Crippen LogP contribution >= 0.6 is 0 Å². The Bertz CT molecular complexity index is 830. The van der Waals surface area contributed by atoms with Crippen molar-refractivity contribution < 1.29 is 13.2 Å². The number of nitrogens with one attached hydrogen (secondary N) is 1. The van der Waals surface area contributed by atoms with E-state index in [2.05, 4.69) is 10.3 Å². The van der Waals surface area contributed by atoms with Crippen molar-refractivity contribution in [1.82, 2.24) is 9.29 Å². The van der Waals surface area contributed by atoms with Crippen molar-refractivity contribution in [2.45, 2.75) is 30.6 Å². The third-order valence-corrected chi connectivity index (χ3v) is 6.11. The molecular weight excluding hydrogens is 338 g/mol. The van der Waals surface area contributed by atoms with E-state index in [1.165, 1.54) is 12.3 Å². The summed E-state index contributed by atoms with van der Waals surface area (Å²) in [5.74, 6) is -0.322. The number of rotatable bonds is 4. The molecule has 7 heteroatoms. The predicted octanol–water partition coefficient (Wildman–Crippen LogP) is 2.90. The van der Waals surface area contributed by atoms with Crippen LogP contribution in [0.25, 0.3) is 0 Å². The zero-order chi connectivity index (χ0) is 17.7. The molecule has 1 fully saturated rings. The second-order valence-electron chi connectivity index (χ2n) is 6.04. The Labute approximate surface area is 147 Å². The summed E-state index contributed by atoms with van der Waals surface area (Å²) < 4.78 is 27.2. The first kappa shape index (κ1) is 17.6. The lowest BCUT2D eigenvalue weighted by atomic mass is 10.2. The second kappa shape index (κ2) is 7.76. The maximum Gasteiger partial charge on any atom is 0.257 e. The van der Waals surface area contributed by atoms with Crippen LogP contribution in [-0.4, -0.2) is 36.7 Å². The first-order valence-corrected chi connectivity index (χ1v) is 9.83.